The van der Waals surface area contributed by atoms with Crippen LogP contribution in [0.5, 0.6) is 5.75 Å². The Morgan fingerprint density at radius 3 is 2.86 bits per heavy atom. The molecule has 152 valence electrons. The third-order valence-corrected chi connectivity index (χ3v) is 5.86. The van der Waals surface area contributed by atoms with Crippen LogP contribution in [0.3, 0.4) is 0 Å². The topological polar surface area (TPSA) is 94.7 Å². The Morgan fingerprint density at radius 2 is 2.07 bits per heavy atom. The van der Waals surface area contributed by atoms with Gasteiger partial charge in [-0.25, -0.2) is 5.43 Å². The molecule has 4 N–H and O–H groups in total. The van der Waals surface area contributed by atoms with Gasteiger partial charge >= 0.3 is 0 Å². The lowest BCUT2D eigenvalue weighted by Gasteiger charge is -2.37. The molecule has 4 rings (SSSR count). The lowest BCUT2D eigenvalue weighted by molar-refractivity contribution is -0.127. The van der Waals surface area contributed by atoms with Crippen molar-refractivity contribution in [3.05, 3.63) is 54.6 Å². The fourth-order valence-corrected chi connectivity index (χ4v) is 4.26. The van der Waals surface area contributed by atoms with Crippen molar-refractivity contribution in [3.8, 4) is 5.75 Å². The first-order chi connectivity index (χ1) is 14.1. The summed E-state index contributed by atoms with van der Waals surface area (Å²) in [6, 6.07) is 17.1. The fraction of sp³-hybridized carbons (Fsp3) is 0.300. The summed E-state index contributed by atoms with van der Waals surface area (Å²) in [5.74, 6) is 0.511. The van der Waals surface area contributed by atoms with Crippen LogP contribution >= 0.6 is 11.8 Å². The van der Waals surface area contributed by atoms with E-state index in [1.54, 1.807) is 19.2 Å². The molecule has 0 radical (unpaired) electrons. The zero-order chi connectivity index (χ0) is 20.2. The molecule has 0 aliphatic carbocycles. The van der Waals surface area contributed by atoms with Crippen LogP contribution in [0, 0.1) is 5.92 Å². The summed E-state index contributed by atoms with van der Waals surface area (Å²) in [5.41, 5.74) is 4.59. The molecular formula is C20H23N5O3S. The minimum atomic E-state index is -0.356. The minimum absolute atomic E-state index is 0.0228. The second-order valence-electron chi connectivity index (χ2n) is 6.77. The van der Waals surface area contributed by atoms with E-state index in [4.69, 9.17) is 4.74 Å². The number of nitrogens with one attached hydrogen (secondary N) is 4. The largest absolute Gasteiger partial charge is 0.497 e. The van der Waals surface area contributed by atoms with Crippen molar-refractivity contribution >= 4 is 35.0 Å². The van der Waals surface area contributed by atoms with Crippen LogP contribution in [0.2, 0.25) is 0 Å². The number of hydrazine groups is 1. The summed E-state index contributed by atoms with van der Waals surface area (Å²) in [5, 5.41) is 11.2. The number of hydrogen-bond donors (Lipinski definition) is 4. The van der Waals surface area contributed by atoms with E-state index in [0.717, 1.165) is 5.69 Å². The van der Waals surface area contributed by atoms with Crippen LogP contribution in [0.15, 0.2) is 54.6 Å². The average Bonchev–Trinajstić information content (AvgIpc) is 3.18. The number of thioether (sulfide) groups is 1. The summed E-state index contributed by atoms with van der Waals surface area (Å²) in [6.07, 6.45) is -0.176. The van der Waals surface area contributed by atoms with Gasteiger partial charge in [0, 0.05) is 18.3 Å². The second-order valence-corrected chi connectivity index (χ2v) is 7.86. The number of ether oxygens (including phenoxy) is 1. The van der Waals surface area contributed by atoms with Gasteiger partial charge in [-0.3, -0.25) is 19.9 Å². The smallest absolute Gasteiger partial charge is 0.234 e. The van der Waals surface area contributed by atoms with Crippen molar-refractivity contribution in [2.75, 3.05) is 29.7 Å². The van der Waals surface area contributed by atoms with Crippen molar-refractivity contribution in [1.82, 2.24) is 16.1 Å². The van der Waals surface area contributed by atoms with Crippen molar-refractivity contribution in [3.63, 3.8) is 0 Å². The van der Waals surface area contributed by atoms with E-state index in [9.17, 15) is 9.59 Å². The van der Waals surface area contributed by atoms with Gasteiger partial charge in [-0.05, 0) is 24.3 Å². The molecule has 2 heterocycles. The lowest BCUT2D eigenvalue weighted by atomic mass is 10.1. The summed E-state index contributed by atoms with van der Waals surface area (Å²) >= 11 is 1.34. The normalized spacial score (nSPS) is 23.3. The molecule has 8 nitrogen and oxygen atoms in total. The zero-order valence-corrected chi connectivity index (χ0v) is 16.7. The third kappa shape index (κ3) is 4.47. The number of carbonyl (C=O) groups excluding carboxylic acids is 2. The Hall–Kier alpha value is -2.75. The fourth-order valence-electron chi connectivity index (χ4n) is 3.43. The number of hydrogen-bond acceptors (Lipinski definition) is 7. The molecule has 2 amide bonds. The van der Waals surface area contributed by atoms with Gasteiger partial charge in [-0.1, -0.05) is 24.3 Å². The first-order valence-corrected chi connectivity index (χ1v) is 10.4. The predicted molar refractivity (Wildman–Crippen MR) is 113 cm³/mol. The number of amides is 2. The van der Waals surface area contributed by atoms with Gasteiger partial charge in [0.05, 0.1) is 24.5 Å². The monoisotopic (exact) mass is 413 g/mol. The van der Waals surface area contributed by atoms with E-state index in [1.165, 1.54) is 11.8 Å². The first-order valence-electron chi connectivity index (χ1n) is 9.34. The SMILES string of the molecule is COc1cccc(NC(=O)CSC2NC(=O)C3CNN(c4ccccc4)C3N2)c1. The molecule has 2 aromatic rings. The molecule has 9 heteroatoms. The van der Waals surface area contributed by atoms with Gasteiger partial charge in [0.2, 0.25) is 11.8 Å². The highest BCUT2D eigenvalue weighted by Gasteiger charge is 2.44. The highest BCUT2D eigenvalue weighted by molar-refractivity contribution is 8.00. The van der Waals surface area contributed by atoms with E-state index in [-0.39, 0.29) is 35.1 Å². The molecule has 2 aliphatic rings. The molecular weight excluding hydrogens is 390 g/mol. The maximum atomic E-state index is 12.5. The minimum Gasteiger partial charge on any atom is -0.497 e. The van der Waals surface area contributed by atoms with E-state index < -0.39 is 0 Å². The van der Waals surface area contributed by atoms with Gasteiger partial charge in [-0.15, -0.1) is 11.8 Å². The van der Waals surface area contributed by atoms with E-state index >= 15 is 0 Å². The third-order valence-electron chi connectivity index (χ3n) is 4.84. The number of nitrogens with zero attached hydrogens (tertiary/aromatic N) is 1. The number of methoxy groups -OCH3 is 1. The van der Waals surface area contributed by atoms with Crippen molar-refractivity contribution in [2.45, 2.75) is 11.7 Å². The van der Waals surface area contributed by atoms with Crippen molar-refractivity contribution < 1.29 is 14.3 Å². The number of carbonyl (C=O) groups is 2. The molecule has 0 saturated carbocycles. The number of rotatable bonds is 6. The molecule has 3 atom stereocenters. The van der Waals surface area contributed by atoms with Crippen molar-refractivity contribution in [1.29, 1.82) is 0 Å². The maximum absolute atomic E-state index is 12.5. The van der Waals surface area contributed by atoms with Crippen molar-refractivity contribution in [2.24, 2.45) is 5.92 Å². The van der Waals surface area contributed by atoms with Gasteiger partial charge in [0.1, 0.15) is 17.4 Å². The highest BCUT2D eigenvalue weighted by atomic mass is 32.2. The quantitative estimate of drug-likeness (QED) is 0.568. The number of anilines is 2. The molecule has 0 bridgehead atoms. The standard InChI is InChI=1S/C20H23N5O3S/c1-28-15-9-5-6-13(10-15)22-17(26)12-29-20-23-18-16(19(27)24-20)11-21-25(18)14-7-3-2-4-8-14/h2-10,16,18,20-21,23H,11-12H2,1H3,(H,22,26)(H,24,27). The average molecular weight is 414 g/mol. The van der Waals surface area contributed by atoms with Gasteiger partial charge in [0.15, 0.2) is 0 Å². The second kappa shape index (κ2) is 8.73. The molecule has 2 aromatic carbocycles. The van der Waals surface area contributed by atoms with Gasteiger partial charge in [-0.2, -0.15) is 0 Å². The molecule has 0 aromatic heterocycles. The summed E-state index contributed by atoms with van der Waals surface area (Å²) in [4.78, 5) is 24.8. The Morgan fingerprint density at radius 1 is 1.24 bits per heavy atom. The molecule has 3 unspecified atom stereocenters. The summed E-state index contributed by atoms with van der Waals surface area (Å²) in [7, 11) is 1.58. The Kier molecular flexibility index (Phi) is 5.89. The van der Waals surface area contributed by atoms with E-state index in [1.807, 2.05) is 47.5 Å². The van der Waals surface area contributed by atoms with Crippen LogP contribution < -0.4 is 31.1 Å². The molecule has 2 aliphatic heterocycles. The number of benzene rings is 2. The number of fused-ring (bicyclic) bond motifs is 1. The van der Waals surface area contributed by atoms with E-state index in [0.29, 0.717) is 18.0 Å². The van der Waals surface area contributed by atoms with E-state index in [2.05, 4.69) is 21.4 Å². The number of para-hydroxylation sites is 1. The van der Waals surface area contributed by atoms with Crippen LogP contribution in [0.25, 0.3) is 0 Å². The maximum Gasteiger partial charge on any atom is 0.234 e. The summed E-state index contributed by atoms with van der Waals surface area (Å²) < 4.78 is 5.17. The predicted octanol–water partition coefficient (Wildman–Crippen LogP) is 1.34. The Bertz CT molecular complexity index is 881. The van der Waals surface area contributed by atoms with Crippen LogP contribution in [-0.4, -0.2) is 42.9 Å². The Labute approximate surface area is 173 Å². The molecule has 2 fully saturated rings. The van der Waals surface area contributed by atoms with Crippen LogP contribution in [-0.2, 0) is 9.59 Å². The lowest BCUT2D eigenvalue weighted by Crippen LogP contribution is -2.63. The van der Waals surface area contributed by atoms with Gasteiger partial charge in [0.25, 0.3) is 0 Å². The summed E-state index contributed by atoms with van der Waals surface area (Å²) in [6.45, 7) is 0.562. The molecule has 0 spiro atoms. The highest BCUT2D eigenvalue weighted by Crippen LogP contribution is 2.26. The molecule has 29 heavy (non-hydrogen) atoms. The Balaban J connectivity index is 1.34. The van der Waals surface area contributed by atoms with Crippen LogP contribution in [0.4, 0.5) is 11.4 Å². The van der Waals surface area contributed by atoms with Crippen LogP contribution in [0.1, 0.15) is 0 Å². The van der Waals surface area contributed by atoms with Gasteiger partial charge < -0.3 is 15.4 Å². The first kappa shape index (κ1) is 19.6. The molecule has 2 saturated heterocycles. The zero-order valence-electron chi connectivity index (χ0n) is 15.9.